The molecule has 0 aliphatic heterocycles. The predicted octanol–water partition coefficient (Wildman–Crippen LogP) is 2.35. The van der Waals surface area contributed by atoms with Crippen LogP contribution in [0, 0.1) is 29.3 Å². The molecule has 1 radical (unpaired) electrons. The Morgan fingerprint density at radius 3 is 2.31 bits per heavy atom. The fraction of sp³-hybridized carbons (Fsp3) is 0. The molecule has 1 aromatic carbocycles. The summed E-state index contributed by atoms with van der Waals surface area (Å²) in [6.07, 6.45) is 0. The second-order valence-electron chi connectivity index (χ2n) is 2.35. The van der Waals surface area contributed by atoms with Crippen molar-refractivity contribution in [3.63, 3.8) is 0 Å². The summed E-state index contributed by atoms with van der Waals surface area (Å²) in [6, 6.07) is 5.63. The van der Waals surface area contributed by atoms with Crippen LogP contribution in [-0.4, -0.2) is 0 Å². The number of benzene rings is 1. The lowest BCUT2D eigenvalue weighted by molar-refractivity contribution is 1.53. The monoisotopic (exact) mass is 203 g/mol. The largest absolute Gasteiger partial charge is 0.0918 e. The molecule has 1 rings (SSSR count). The van der Waals surface area contributed by atoms with E-state index in [0.717, 1.165) is 16.7 Å². The minimum atomic E-state index is 0.857. The maximum Gasteiger partial charge on any atom is 0.0287 e. The molecule has 0 nitrogen and oxygen atoms in total. The Labute approximate surface area is 89.6 Å². The number of thiol groups is 2. The normalized spacial score (nSPS) is 7.92. The van der Waals surface area contributed by atoms with Crippen LogP contribution >= 0.6 is 25.3 Å². The zero-order chi connectivity index (χ0) is 9.68. The second kappa shape index (κ2) is 4.92. The van der Waals surface area contributed by atoms with Crippen molar-refractivity contribution in [1.29, 1.82) is 0 Å². The van der Waals surface area contributed by atoms with Gasteiger partial charge in [0, 0.05) is 11.1 Å². The molecule has 0 saturated carbocycles. The van der Waals surface area contributed by atoms with Crippen molar-refractivity contribution in [3.05, 3.63) is 41.8 Å². The average molecular weight is 203 g/mol. The number of hydrogen-bond donors (Lipinski definition) is 2. The summed E-state index contributed by atoms with van der Waals surface area (Å²) < 4.78 is 0. The molecule has 13 heavy (non-hydrogen) atoms. The van der Waals surface area contributed by atoms with Gasteiger partial charge < -0.3 is 0 Å². The summed E-state index contributed by atoms with van der Waals surface area (Å²) in [6.45, 7) is 3.85. The van der Waals surface area contributed by atoms with Gasteiger partial charge in [-0.2, -0.15) is 0 Å². The standard InChI is InChI=1S/C11H7S2/c1-9-8-10(4-6-12)2-3-11(9)5-7-13/h2-3,8,12-13H,1H2. The summed E-state index contributed by atoms with van der Waals surface area (Å²) in [7, 11) is 0. The first kappa shape index (κ1) is 10.1. The number of hydrogen-bond acceptors (Lipinski definition) is 2. The summed E-state index contributed by atoms with van der Waals surface area (Å²) in [4.78, 5) is 0. The summed E-state index contributed by atoms with van der Waals surface area (Å²) >= 11 is 7.63. The van der Waals surface area contributed by atoms with Gasteiger partial charge in [-0.3, -0.25) is 0 Å². The van der Waals surface area contributed by atoms with Crippen LogP contribution in [0.3, 0.4) is 0 Å². The highest BCUT2D eigenvalue weighted by Gasteiger charge is 1.94. The quantitative estimate of drug-likeness (QED) is 0.469. The molecule has 0 saturated heterocycles. The van der Waals surface area contributed by atoms with Crippen LogP contribution in [0.15, 0.2) is 18.2 Å². The molecule has 0 aromatic heterocycles. The molecule has 1 aromatic rings. The first-order valence-electron chi connectivity index (χ1n) is 3.54. The van der Waals surface area contributed by atoms with Gasteiger partial charge in [0.05, 0.1) is 0 Å². The van der Waals surface area contributed by atoms with Crippen LogP contribution in [0.5, 0.6) is 0 Å². The van der Waals surface area contributed by atoms with E-state index >= 15 is 0 Å². The maximum atomic E-state index is 3.85. The van der Waals surface area contributed by atoms with Crippen LogP contribution in [0.2, 0.25) is 0 Å². The third-order valence-electron chi connectivity index (χ3n) is 1.50. The van der Waals surface area contributed by atoms with Crippen LogP contribution < -0.4 is 0 Å². The highest BCUT2D eigenvalue weighted by Crippen LogP contribution is 2.09. The van der Waals surface area contributed by atoms with Crippen LogP contribution in [0.1, 0.15) is 16.7 Å². The van der Waals surface area contributed by atoms with Crippen molar-refractivity contribution in [2.75, 3.05) is 0 Å². The van der Waals surface area contributed by atoms with E-state index in [1.54, 1.807) is 0 Å². The van der Waals surface area contributed by atoms with Gasteiger partial charge in [-0.25, -0.2) is 0 Å². The van der Waals surface area contributed by atoms with Gasteiger partial charge in [0.2, 0.25) is 0 Å². The zero-order valence-electron chi connectivity index (χ0n) is 6.83. The van der Waals surface area contributed by atoms with Crippen molar-refractivity contribution < 1.29 is 0 Å². The Morgan fingerprint density at radius 2 is 1.77 bits per heavy atom. The van der Waals surface area contributed by atoms with E-state index in [9.17, 15) is 0 Å². The molecule has 0 heterocycles. The summed E-state index contributed by atoms with van der Waals surface area (Å²) in [5.74, 6) is 5.65. The third kappa shape index (κ3) is 2.77. The fourth-order valence-corrected chi connectivity index (χ4v) is 1.17. The van der Waals surface area contributed by atoms with Crippen molar-refractivity contribution in [2.24, 2.45) is 0 Å². The predicted molar refractivity (Wildman–Crippen MR) is 62.6 cm³/mol. The lowest BCUT2D eigenvalue weighted by Gasteiger charge is -1.97. The molecule has 2 heteroatoms. The molecule has 63 valence electrons. The smallest absolute Gasteiger partial charge is 0.0287 e. The lowest BCUT2D eigenvalue weighted by atomic mass is 10.1. The SMILES string of the molecule is [CH2]c1cc(C#CS)ccc1C#CS. The van der Waals surface area contributed by atoms with E-state index in [-0.39, 0.29) is 0 Å². The molecule has 0 fully saturated rings. The highest BCUT2D eigenvalue weighted by molar-refractivity contribution is 7.85. The van der Waals surface area contributed by atoms with Gasteiger partial charge in [0.25, 0.3) is 0 Å². The zero-order valence-corrected chi connectivity index (χ0v) is 8.62. The van der Waals surface area contributed by atoms with Crippen LogP contribution in [-0.2, 0) is 0 Å². The molecule has 0 bridgehead atoms. The molecule has 0 aliphatic carbocycles. The van der Waals surface area contributed by atoms with E-state index in [2.05, 4.69) is 54.5 Å². The van der Waals surface area contributed by atoms with Gasteiger partial charge in [-0.05, 0) is 41.2 Å². The van der Waals surface area contributed by atoms with Gasteiger partial charge >= 0.3 is 0 Å². The average Bonchev–Trinajstić information content (AvgIpc) is 2.10. The first-order chi connectivity index (χ1) is 6.27. The molecule has 0 atom stereocenters. The Bertz CT molecular complexity index is 425. The minimum absolute atomic E-state index is 0.857. The molecule has 0 spiro atoms. The molecule has 0 N–H and O–H groups in total. The van der Waals surface area contributed by atoms with E-state index < -0.39 is 0 Å². The minimum Gasteiger partial charge on any atom is -0.0918 e. The lowest BCUT2D eigenvalue weighted by Crippen LogP contribution is -1.83. The molecule has 0 aliphatic rings. The van der Waals surface area contributed by atoms with Gasteiger partial charge in [-0.15, -0.1) is 0 Å². The molecular formula is C11H7S2. The fourth-order valence-electron chi connectivity index (χ4n) is 0.918. The van der Waals surface area contributed by atoms with Gasteiger partial charge in [0.15, 0.2) is 0 Å². The van der Waals surface area contributed by atoms with E-state index in [1.165, 1.54) is 0 Å². The molecule has 0 amide bonds. The van der Waals surface area contributed by atoms with Crippen molar-refractivity contribution in [3.8, 4) is 22.3 Å². The number of rotatable bonds is 0. The third-order valence-corrected chi connectivity index (χ3v) is 1.72. The Balaban J connectivity index is 3.15. The molecule has 0 unspecified atom stereocenters. The Kier molecular flexibility index (Phi) is 3.83. The highest BCUT2D eigenvalue weighted by atomic mass is 32.1. The van der Waals surface area contributed by atoms with Crippen molar-refractivity contribution >= 4 is 25.3 Å². The first-order valence-corrected chi connectivity index (χ1v) is 4.43. The summed E-state index contributed by atoms with van der Waals surface area (Å²) in [5, 5.41) is 5.06. The van der Waals surface area contributed by atoms with Gasteiger partial charge in [0.1, 0.15) is 0 Å². The second-order valence-corrected chi connectivity index (χ2v) is 2.79. The van der Waals surface area contributed by atoms with E-state index in [1.807, 2.05) is 18.2 Å². The van der Waals surface area contributed by atoms with E-state index in [0.29, 0.717) is 0 Å². The van der Waals surface area contributed by atoms with Crippen LogP contribution in [0.4, 0.5) is 0 Å². The van der Waals surface area contributed by atoms with Gasteiger partial charge in [-0.1, -0.05) is 37.1 Å². The van der Waals surface area contributed by atoms with Crippen LogP contribution in [0.25, 0.3) is 0 Å². The topological polar surface area (TPSA) is 0 Å². The Morgan fingerprint density at radius 1 is 1.08 bits per heavy atom. The van der Waals surface area contributed by atoms with Crippen molar-refractivity contribution in [2.45, 2.75) is 0 Å². The van der Waals surface area contributed by atoms with E-state index in [4.69, 9.17) is 0 Å². The Hall–Kier alpha value is -0.960. The maximum absolute atomic E-state index is 3.85. The van der Waals surface area contributed by atoms with Crippen molar-refractivity contribution in [1.82, 2.24) is 0 Å². The summed E-state index contributed by atoms with van der Waals surface area (Å²) in [5.41, 5.74) is 2.62. The molecular weight excluding hydrogens is 196 g/mol.